The largest absolute Gasteiger partial charge is 0.478 e. The highest BCUT2D eigenvalue weighted by molar-refractivity contribution is 9.10. The number of aromatic carboxylic acids is 1. The monoisotopic (exact) mass is 326 g/mol. The molecule has 1 saturated heterocycles. The molecule has 1 fully saturated rings. The second-order valence-electron chi connectivity index (χ2n) is 4.28. The maximum atomic E-state index is 11.8. The molecule has 0 aliphatic carbocycles. The maximum absolute atomic E-state index is 11.8. The molecule has 0 bridgehead atoms. The van der Waals surface area contributed by atoms with Gasteiger partial charge in [0.15, 0.2) is 0 Å². The fourth-order valence-corrected chi connectivity index (χ4v) is 2.41. The number of rotatable bonds is 3. The van der Waals surface area contributed by atoms with E-state index in [9.17, 15) is 14.4 Å². The topological polar surface area (TPSA) is 101 Å². The highest BCUT2D eigenvalue weighted by atomic mass is 79.9. The van der Waals surface area contributed by atoms with Crippen molar-refractivity contribution in [2.75, 3.05) is 11.4 Å². The minimum absolute atomic E-state index is 0.0628. The number of nitrogens with two attached hydrogens (primary N) is 1. The summed E-state index contributed by atoms with van der Waals surface area (Å²) < 4.78 is 0.432. The minimum atomic E-state index is -1.09. The third-order valence-corrected chi connectivity index (χ3v) is 3.71. The lowest BCUT2D eigenvalue weighted by atomic mass is 10.1. The number of hydrogen-bond donors (Lipinski definition) is 2. The van der Waals surface area contributed by atoms with Crippen LogP contribution in [-0.4, -0.2) is 29.4 Å². The van der Waals surface area contributed by atoms with Gasteiger partial charge in [0.2, 0.25) is 11.8 Å². The number of benzene rings is 1. The SMILES string of the molecule is NC(=O)C1CC(=O)N(c2ccc(Br)c(C(=O)O)c2)C1. The van der Waals surface area contributed by atoms with E-state index in [-0.39, 0.29) is 24.4 Å². The summed E-state index contributed by atoms with van der Waals surface area (Å²) in [6.07, 6.45) is 0.0633. The molecule has 0 radical (unpaired) electrons. The van der Waals surface area contributed by atoms with E-state index < -0.39 is 17.8 Å². The standard InChI is InChI=1S/C12H11BrN2O4/c13-9-2-1-7(4-8(9)12(18)19)15-5-6(11(14)17)3-10(15)16/h1-2,4,6H,3,5H2,(H2,14,17)(H,18,19). The van der Waals surface area contributed by atoms with E-state index in [1.54, 1.807) is 12.1 Å². The van der Waals surface area contributed by atoms with Crippen LogP contribution in [0.3, 0.4) is 0 Å². The number of halogens is 1. The van der Waals surface area contributed by atoms with Gasteiger partial charge < -0.3 is 15.7 Å². The summed E-state index contributed by atoms with van der Waals surface area (Å²) >= 11 is 3.13. The Morgan fingerprint density at radius 3 is 2.63 bits per heavy atom. The van der Waals surface area contributed by atoms with Gasteiger partial charge in [-0.2, -0.15) is 0 Å². The lowest BCUT2D eigenvalue weighted by Gasteiger charge is -2.17. The van der Waals surface area contributed by atoms with Gasteiger partial charge in [0, 0.05) is 23.1 Å². The van der Waals surface area contributed by atoms with E-state index in [2.05, 4.69) is 15.9 Å². The van der Waals surface area contributed by atoms with E-state index in [1.807, 2.05) is 0 Å². The minimum Gasteiger partial charge on any atom is -0.478 e. The van der Waals surface area contributed by atoms with E-state index >= 15 is 0 Å². The Morgan fingerprint density at radius 1 is 1.42 bits per heavy atom. The molecule has 1 unspecified atom stereocenters. The first-order chi connectivity index (χ1) is 8.90. The Morgan fingerprint density at radius 2 is 2.11 bits per heavy atom. The molecular formula is C12H11BrN2O4. The van der Waals surface area contributed by atoms with E-state index in [1.165, 1.54) is 11.0 Å². The van der Waals surface area contributed by atoms with Crippen LogP contribution in [0.2, 0.25) is 0 Å². The van der Waals surface area contributed by atoms with Crippen molar-refractivity contribution in [3.8, 4) is 0 Å². The van der Waals surface area contributed by atoms with Crippen LogP contribution >= 0.6 is 15.9 Å². The summed E-state index contributed by atoms with van der Waals surface area (Å²) in [4.78, 5) is 35.3. The Hall–Kier alpha value is -1.89. The van der Waals surface area contributed by atoms with Crippen LogP contribution in [0.25, 0.3) is 0 Å². The molecule has 1 aliphatic heterocycles. The van der Waals surface area contributed by atoms with Gasteiger partial charge in [-0.1, -0.05) is 0 Å². The fourth-order valence-electron chi connectivity index (χ4n) is 1.99. The molecule has 0 saturated carbocycles. The average Bonchev–Trinajstić information content (AvgIpc) is 2.72. The number of carbonyl (C=O) groups excluding carboxylic acids is 2. The van der Waals surface area contributed by atoms with Gasteiger partial charge >= 0.3 is 5.97 Å². The molecule has 1 aromatic rings. The van der Waals surface area contributed by atoms with Crippen molar-refractivity contribution in [2.24, 2.45) is 11.7 Å². The van der Waals surface area contributed by atoms with Crippen LogP contribution in [0.4, 0.5) is 5.69 Å². The lowest BCUT2D eigenvalue weighted by Crippen LogP contribution is -2.28. The van der Waals surface area contributed by atoms with Crippen molar-refractivity contribution in [2.45, 2.75) is 6.42 Å². The van der Waals surface area contributed by atoms with Gasteiger partial charge in [-0.3, -0.25) is 9.59 Å². The molecule has 3 N–H and O–H groups in total. The normalized spacial score (nSPS) is 18.7. The molecule has 100 valence electrons. The number of carboxylic acids is 1. The molecule has 0 aromatic heterocycles. The third-order valence-electron chi connectivity index (χ3n) is 3.02. The van der Waals surface area contributed by atoms with Crippen LogP contribution in [-0.2, 0) is 9.59 Å². The summed E-state index contributed by atoms with van der Waals surface area (Å²) in [6.45, 7) is 0.189. The van der Waals surface area contributed by atoms with Crippen molar-refractivity contribution in [1.82, 2.24) is 0 Å². The maximum Gasteiger partial charge on any atom is 0.336 e. The van der Waals surface area contributed by atoms with Crippen molar-refractivity contribution in [3.63, 3.8) is 0 Å². The van der Waals surface area contributed by atoms with Crippen molar-refractivity contribution < 1.29 is 19.5 Å². The molecule has 7 heteroatoms. The summed E-state index contributed by atoms with van der Waals surface area (Å²) in [5.74, 6) is -2.37. The molecular weight excluding hydrogens is 316 g/mol. The number of primary amides is 1. The molecule has 19 heavy (non-hydrogen) atoms. The zero-order valence-electron chi connectivity index (χ0n) is 9.80. The molecule has 1 heterocycles. The zero-order chi connectivity index (χ0) is 14.2. The number of carbonyl (C=O) groups is 3. The first-order valence-electron chi connectivity index (χ1n) is 5.52. The van der Waals surface area contributed by atoms with Gasteiger partial charge in [0.25, 0.3) is 0 Å². The Bertz CT molecular complexity index is 573. The highest BCUT2D eigenvalue weighted by Gasteiger charge is 2.34. The predicted octanol–water partition coefficient (Wildman–Crippen LogP) is 0.985. The Labute approximate surface area is 117 Å². The van der Waals surface area contributed by atoms with E-state index in [0.29, 0.717) is 10.2 Å². The van der Waals surface area contributed by atoms with Crippen LogP contribution in [0, 0.1) is 5.92 Å². The summed E-state index contributed by atoms with van der Waals surface area (Å²) in [5, 5.41) is 9.03. The van der Waals surface area contributed by atoms with Crippen molar-refractivity contribution in [1.29, 1.82) is 0 Å². The van der Waals surface area contributed by atoms with Crippen LogP contribution < -0.4 is 10.6 Å². The molecule has 0 spiro atoms. The average molecular weight is 327 g/mol. The molecule has 2 rings (SSSR count). The number of carboxylic acid groups (broad SMARTS) is 1. The van der Waals surface area contributed by atoms with Crippen LogP contribution in [0.15, 0.2) is 22.7 Å². The molecule has 1 aromatic carbocycles. The van der Waals surface area contributed by atoms with Crippen LogP contribution in [0.1, 0.15) is 16.8 Å². The Kier molecular flexibility index (Phi) is 3.57. The van der Waals surface area contributed by atoms with Gasteiger partial charge in [0.1, 0.15) is 0 Å². The van der Waals surface area contributed by atoms with Crippen LogP contribution in [0.5, 0.6) is 0 Å². The summed E-state index contributed by atoms with van der Waals surface area (Å²) in [5.41, 5.74) is 5.70. The van der Waals surface area contributed by atoms with Gasteiger partial charge in [-0.25, -0.2) is 4.79 Å². The Balaban J connectivity index is 2.33. The van der Waals surface area contributed by atoms with Gasteiger partial charge in [0.05, 0.1) is 11.5 Å². The highest BCUT2D eigenvalue weighted by Crippen LogP contribution is 2.28. The number of amides is 2. The zero-order valence-corrected chi connectivity index (χ0v) is 11.4. The molecule has 1 aliphatic rings. The summed E-state index contributed by atoms with van der Waals surface area (Å²) in [6, 6.07) is 4.58. The van der Waals surface area contributed by atoms with E-state index in [0.717, 1.165) is 0 Å². The van der Waals surface area contributed by atoms with Gasteiger partial charge in [-0.05, 0) is 34.1 Å². The second kappa shape index (κ2) is 5.00. The van der Waals surface area contributed by atoms with Crippen molar-refractivity contribution in [3.05, 3.63) is 28.2 Å². The van der Waals surface area contributed by atoms with Crippen molar-refractivity contribution >= 4 is 39.4 Å². The lowest BCUT2D eigenvalue weighted by molar-refractivity contribution is -0.123. The number of anilines is 1. The smallest absolute Gasteiger partial charge is 0.336 e. The third kappa shape index (κ3) is 2.60. The molecule has 1 atom stereocenters. The number of hydrogen-bond acceptors (Lipinski definition) is 3. The first-order valence-corrected chi connectivity index (χ1v) is 6.32. The second-order valence-corrected chi connectivity index (χ2v) is 5.13. The first kappa shape index (κ1) is 13.5. The van der Waals surface area contributed by atoms with Gasteiger partial charge in [-0.15, -0.1) is 0 Å². The molecule has 2 amide bonds. The quantitative estimate of drug-likeness (QED) is 0.864. The predicted molar refractivity (Wildman–Crippen MR) is 70.8 cm³/mol. The number of nitrogens with zero attached hydrogens (tertiary/aromatic N) is 1. The summed E-state index contributed by atoms with van der Waals surface area (Å²) in [7, 11) is 0. The molecule has 6 nitrogen and oxygen atoms in total. The fraction of sp³-hybridized carbons (Fsp3) is 0.250. The van der Waals surface area contributed by atoms with E-state index in [4.69, 9.17) is 10.8 Å².